The Hall–Kier alpha value is -2.34. The van der Waals surface area contributed by atoms with Gasteiger partial charge in [0.25, 0.3) is 0 Å². The molecule has 2 unspecified atom stereocenters. The summed E-state index contributed by atoms with van der Waals surface area (Å²) in [6.07, 6.45) is 4.94. The Kier molecular flexibility index (Phi) is 4.62. The molecule has 1 fully saturated rings. The number of piperidine rings is 1. The molecule has 0 bridgehead atoms. The number of aliphatic hydroxyl groups is 1. The zero-order chi connectivity index (χ0) is 16.2. The summed E-state index contributed by atoms with van der Waals surface area (Å²) in [5, 5.41) is 16.9. The minimum absolute atomic E-state index is 0.136. The van der Waals surface area contributed by atoms with Gasteiger partial charge in [0.1, 0.15) is 0 Å². The number of nitrogens with zero attached hydrogens (tertiary/aromatic N) is 3. The molecule has 1 aliphatic heterocycles. The molecule has 2 heterocycles. The maximum Gasteiger partial charge on any atom is 0.321 e. The Morgan fingerprint density at radius 2 is 2.17 bits per heavy atom. The van der Waals surface area contributed by atoms with Crippen LogP contribution in [0.4, 0.5) is 10.5 Å². The molecular formula is C17H22N4O2. The van der Waals surface area contributed by atoms with E-state index in [1.54, 1.807) is 28.9 Å². The van der Waals surface area contributed by atoms with Crippen LogP contribution in [0.2, 0.25) is 0 Å². The number of carbonyl (C=O) groups is 1. The number of aromatic nitrogens is 2. The number of nitrogens with one attached hydrogen (secondary N) is 1. The van der Waals surface area contributed by atoms with Crippen LogP contribution in [0.5, 0.6) is 0 Å². The first-order valence-corrected chi connectivity index (χ1v) is 7.97. The third-order valence-electron chi connectivity index (χ3n) is 4.28. The third-order valence-corrected chi connectivity index (χ3v) is 4.28. The highest BCUT2D eigenvalue weighted by molar-refractivity contribution is 5.89. The van der Waals surface area contributed by atoms with Crippen molar-refractivity contribution in [2.75, 3.05) is 18.4 Å². The standard InChI is InChI=1S/C17H22N4O2/c1-13(22)14-6-5-9-20(11-14)17(23)19-15-10-18-21(12-15)16-7-3-2-4-8-16/h2-4,7-8,10,12-14,22H,5-6,9,11H2,1H3,(H,19,23). The van der Waals surface area contributed by atoms with E-state index in [4.69, 9.17) is 0 Å². The lowest BCUT2D eigenvalue weighted by Crippen LogP contribution is -2.44. The van der Waals surface area contributed by atoms with E-state index >= 15 is 0 Å². The first kappa shape index (κ1) is 15.6. The second-order valence-corrected chi connectivity index (χ2v) is 6.03. The first-order valence-electron chi connectivity index (χ1n) is 7.97. The van der Waals surface area contributed by atoms with Crippen LogP contribution >= 0.6 is 0 Å². The quantitative estimate of drug-likeness (QED) is 0.914. The van der Waals surface area contributed by atoms with Crippen molar-refractivity contribution in [3.8, 4) is 5.69 Å². The monoisotopic (exact) mass is 314 g/mol. The number of hydrogen-bond donors (Lipinski definition) is 2. The molecule has 0 saturated carbocycles. The third kappa shape index (κ3) is 3.71. The van der Waals surface area contributed by atoms with Gasteiger partial charge in [0.05, 0.1) is 29.9 Å². The second kappa shape index (κ2) is 6.83. The van der Waals surface area contributed by atoms with Crippen LogP contribution < -0.4 is 5.32 Å². The molecule has 6 heteroatoms. The van der Waals surface area contributed by atoms with Crippen LogP contribution in [0.15, 0.2) is 42.7 Å². The summed E-state index contributed by atoms with van der Waals surface area (Å²) < 4.78 is 1.73. The van der Waals surface area contributed by atoms with Crippen molar-refractivity contribution in [1.82, 2.24) is 14.7 Å². The predicted octanol–water partition coefficient (Wildman–Crippen LogP) is 2.50. The van der Waals surface area contributed by atoms with Crippen LogP contribution in [0.3, 0.4) is 0 Å². The van der Waals surface area contributed by atoms with Gasteiger partial charge in [-0.2, -0.15) is 5.10 Å². The Labute approximate surface area is 135 Å². The number of amides is 2. The Balaban J connectivity index is 1.63. The number of urea groups is 1. The summed E-state index contributed by atoms with van der Waals surface area (Å²) in [5.74, 6) is 0.154. The number of aliphatic hydroxyl groups excluding tert-OH is 1. The van der Waals surface area contributed by atoms with Crippen molar-refractivity contribution >= 4 is 11.7 Å². The van der Waals surface area contributed by atoms with Gasteiger partial charge in [0.15, 0.2) is 0 Å². The molecule has 1 aliphatic rings. The fourth-order valence-corrected chi connectivity index (χ4v) is 2.90. The molecule has 0 aliphatic carbocycles. The summed E-state index contributed by atoms with van der Waals surface area (Å²) in [4.78, 5) is 14.1. The molecule has 0 radical (unpaired) electrons. The van der Waals surface area contributed by atoms with Gasteiger partial charge in [0.2, 0.25) is 0 Å². The van der Waals surface area contributed by atoms with Gasteiger partial charge in [-0.1, -0.05) is 18.2 Å². The molecule has 2 aromatic rings. The molecule has 2 atom stereocenters. The zero-order valence-corrected chi connectivity index (χ0v) is 13.2. The van der Waals surface area contributed by atoms with Crippen LogP contribution in [0.1, 0.15) is 19.8 Å². The molecule has 6 nitrogen and oxygen atoms in total. The van der Waals surface area contributed by atoms with E-state index in [0.29, 0.717) is 12.2 Å². The number of benzene rings is 1. The Morgan fingerprint density at radius 3 is 2.91 bits per heavy atom. The molecular weight excluding hydrogens is 292 g/mol. The number of rotatable bonds is 3. The summed E-state index contributed by atoms with van der Waals surface area (Å²) in [7, 11) is 0. The van der Waals surface area contributed by atoms with E-state index in [-0.39, 0.29) is 18.1 Å². The number of hydrogen-bond acceptors (Lipinski definition) is 3. The number of anilines is 1. The summed E-state index contributed by atoms with van der Waals surface area (Å²) in [5.41, 5.74) is 1.61. The molecule has 122 valence electrons. The smallest absolute Gasteiger partial charge is 0.321 e. The lowest BCUT2D eigenvalue weighted by atomic mass is 9.94. The van der Waals surface area contributed by atoms with E-state index < -0.39 is 0 Å². The maximum atomic E-state index is 12.4. The molecule has 2 N–H and O–H groups in total. The second-order valence-electron chi connectivity index (χ2n) is 6.03. The van der Waals surface area contributed by atoms with Crippen molar-refractivity contribution in [2.24, 2.45) is 5.92 Å². The average Bonchev–Trinajstić information content (AvgIpc) is 3.04. The summed E-state index contributed by atoms with van der Waals surface area (Å²) in [6, 6.07) is 9.61. The summed E-state index contributed by atoms with van der Waals surface area (Å²) >= 11 is 0. The minimum Gasteiger partial charge on any atom is -0.393 e. The minimum atomic E-state index is -0.383. The molecule has 23 heavy (non-hydrogen) atoms. The van der Waals surface area contributed by atoms with Crippen LogP contribution in [-0.2, 0) is 0 Å². The average molecular weight is 314 g/mol. The Bertz CT molecular complexity index is 654. The number of para-hydroxylation sites is 1. The molecule has 1 saturated heterocycles. The molecule has 1 aromatic carbocycles. The summed E-state index contributed by atoms with van der Waals surface area (Å²) in [6.45, 7) is 3.11. The van der Waals surface area contributed by atoms with Crippen molar-refractivity contribution in [1.29, 1.82) is 0 Å². The zero-order valence-electron chi connectivity index (χ0n) is 13.2. The molecule has 2 amide bonds. The lowest BCUT2D eigenvalue weighted by Gasteiger charge is -2.33. The predicted molar refractivity (Wildman–Crippen MR) is 88.6 cm³/mol. The van der Waals surface area contributed by atoms with Crippen molar-refractivity contribution in [2.45, 2.75) is 25.9 Å². The van der Waals surface area contributed by atoms with E-state index in [1.165, 1.54) is 0 Å². The highest BCUT2D eigenvalue weighted by Crippen LogP contribution is 2.20. The van der Waals surface area contributed by atoms with Crippen molar-refractivity contribution in [3.05, 3.63) is 42.7 Å². The first-order chi connectivity index (χ1) is 11.1. The van der Waals surface area contributed by atoms with Gasteiger partial charge >= 0.3 is 6.03 Å². The van der Waals surface area contributed by atoms with Crippen molar-refractivity contribution in [3.63, 3.8) is 0 Å². The van der Waals surface area contributed by atoms with E-state index in [0.717, 1.165) is 25.1 Å². The van der Waals surface area contributed by atoms with Gasteiger partial charge < -0.3 is 15.3 Å². The van der Waals surface area contributed by atoms with Crippen LogP contribution in [-0.4, -0.2) is 45.0 Å². The number of likely N-dealkylation sites (tertiary alicyclic amines) is 1. The lowest BCUT2D eigenvalue weighted by molar-refractivity contribution is 0.0766. The highest BCUT2D eigenvalue weighted by atomic mass is 16.3. The van der Waals surface area contributed by atoms with E-state index in [2.05, 4.69) is 10.4 Å². The fourth-order valence-electron chi connectivity index (χ4n) is 2.90. The van der Waals surface area contributed by atoms with Gasteiger partial charge in [-0.05, 0) is 31.9 Å². The van der Waals surface area contributed by atoms with Gasteiger partial charge in [-0.15, -0.1) is 0 Å². The normalized spacial score (nSPS) is 19.4. The maximum absolute atomic E-state index is 12.4. The van der Waals surface area contributed by atoms with Gasteiger partial charge in [-0.25, -0.2) is 9.48 Å². The van der Waals surface area contributed by atoms with Gasteiger partial charge in [-0.3, -0.25) is 0 Å². The van der Waals surface area contributed by atoms with Gasteiger partial charge in [0, 0.05) is 19.0 Å². The Morgan fingerprint density at radius 1 is 1.39 bits per heavy atom. The van der Waals surface area contributed by atoms with Crippen LogP contribution in [0, 0.1) is 5.92 Å². The largest absolute Gasteiger partial charge is 0.393 e. The SMILES string of the molecule is CC(O)C1CCCN(C(=O)Nc2cnn(-c3ccccc3)c2)C1. The van der Waals surface area contributed by atoms with E-state index in [1.807, 2.05) is 30.3 Å². The highest BCUT2D eigenvalue weighted by Gasteiger charge is 2.26. The van der Waals surface area contributed by atoms with E-state index in [9.17, 15) is 9.90 Å². The molecule has 3 rings (SSSR count). The van der Waals surface area contributed by atoms with Crippen LogP contribution in [0.25, 0.3) is 5.69 Å². The topological polar surface area (TPSA) is 70.4 Å². The molecule has 0 spiro atoms. The molecule has 1 aromatic heterocycles. The number of carbonyl (C=O) groups excluding carboxylic acids is 1. The van der Waals surface area contributed by atoms with Crippen molar-refractivity contribution < 1.29 is 9.90 Å². The fraction of sp³-hybridized carbons (Fsp3) is 0.412.